The first-order chi connectivity index (χ1) is 10.8. The maximum Gasteiger partial charge on any atom is 0.0753 e. The first-order valence-corrected chi connectivity index (χ1v) is 8.07. The molecular formula is C21H26N2. The summed E-state index contributed by atoms with van der Waals surface area (Å²) in [4.78, 5) is 2.09. The number of benzene rings is 2. The SMILES string of the molecule is CN(C)c1cccc(CC(C#N)c2ccc(C(C)(C)C)cc2)c1. The largest absolute Gasteiger partial charge is 0.378 e. The Hall–Kier alpha value is -2.27. The van der Waals surface area contributed by atoms with Crippen molar-refractivity contribution >= 4 is 5.69 Å². The molecular weight excluding hydrogens is 280 g/mol. The van der Waals surface area contributed by atoms with E-state index in [-0.39, 0.29) is 11.3 Å². The molecule has 0 aliphatic carbocycles. The Kier molecular flexibility index (Phi) is 5.11. The van der Waals surface area contributed by atoms with E-state index in [1.807, 2.05) is 14.1 Å². The zero-order chi connectivity index (χ0) is 17.0. The van der Waals surface area contributed by atoms with E-state index < -0.39 is 0 Å². The monoisotopic (exact) mass is 306 g/mol. The lowest BCUT2D eigenvalue weighted by Crippen LogP contribution is -2.11. The van der Waals surface area contributed by atoms with Gasteiger partial charge >= 0.3 is 0 Å². The van der Waals surface area contributed by atoms with Crippen LogP contribution in [0.4, 0.5) is 5.69 Å². The second-order valence-corrected chi connectivity index (χ2v) is 7.32. The third-order valence-corrected chi connectivity index (χ3v) is 4.20. The van der Waals surface area contributed by atoms with Crippen molar-refractivity contribution in [2.45, 2.75) is 38.5 Å². The van der Waals surface area contributed by atoms with E-state index in [1.54, 1.807) is 0 Å². The molecule has 0 fully saturated rings. The zero-order valence-electron chi connectivity index (χ0n) is 14.8. The van der Waals surface area contributed by atoms with Gasteiger partial charge in [0.25, 0.3) is 0 Å². The van der Waals surface area contributed by atoms with Crippen LogP contribution in [0, 0.1) is 11.3 Å². The van der Waals surface area contributed by atoms with Crippen molar-refractivity contribution < 1.29 is 0 Å². The summed E-state index contributed by atoms with van der Waals surface area (Å²) in [5.74, 6) is -0.110. The van der Waals surface area contributed by atoms with Crippen LogP contribution >= 0.6 is 0 Å². The van der Waals surface area contributed by atoms with Gasteiger partial charge in [0.05, 0.1) is 12.0 Å². The van der Waals surface area contributed by atoms with Gasteiger partial charge in [-0.3, -0.25) is 0 Å². The highest BCUT2D eigenvalue weighted by atomic mass is 15.1. The summed E-state index contributed by atoms with van der Waals surface area (Å²) in [5, 5.41) is 9.59. The second-order valence-electron chi connectivity index (χ2n) is 7.32. The lowest BCUT2D eigenvalue weighted by molar-refractivity contribution is 0.589. The molecule has 0 bridgehead atoms. The van der Waals surface area contributed by atoms with Gasteiger partial charge in [-0.15, -0.1) is 0 Å². The Labute approximate surface area is 140 Å². The summed E-state index contributed by atoms with van der Waals surface area (Å²) < 4.78 is 0. The molecule has 0 aromatic heterocycles. The maximum atomic E-state index is 9.59. The molecule has 0 aliphatic heterocycles. The molecule has 120 valence electrons. The summed E-state index contributed by atoms with van der Waals surface area (Å²) in [7, 11) is 4.07. The lowest BCUT2D eigenvalue weighted by Gasteiger charge is -2.20. The van der Waals surface area contributed by atoms with Crippen molar-refractivity contribution in [3.8, 4) is 6.07 Å². The average molecular weight is 306 g/mol. The predicted molar refractivity (Wildman–Crippen MR) is 98.0 cm³/mol. The van der Waals surface area contributed by atoms with E-state index in [1.165, 1.54) is 16.8 Å². The first kappa shape index (κ1) is 17.1. The smallest absolute Gasteiger partial charge is 0.0753 e. The first-order valence-electron chi connectivity index (χ1n) is 8.07. The molecule has 0 amide bonds. The van der Waals surface area contributed by atoms with E-state index in [2.05, 4.69) is 80.3 Å². The number of nitrogens with zero attached hydrogens (tertiary/aromatic N) is 2. The quantitative estimate of drug-likeness (QED) is 0.803. The molecule has 0 heterocycles. The Morgan fingerprint density at radius 2 is 1.70 bits per heavy atom. The van der Waals surface area contributed by atoms with Crippen molar-refractivity contribution in [3.63, 3.8) is 0 Å². The van der Waals surface area contributed by atoms with Gasteiger partial charge in [-0.25, -0.2) is 0 Å². The van der Waals surface area contributed by atoms with Crippen LogP contribution in [-0.2, 0) is 11.8 Å². The van der Waals surface area contributed by atoms with Gasteiger partial charge in [0.1, 0.15) is 0 Å². The molecule has 0 saturated heterocycles. The van der Waals surface area contributed by atoms with Gasteiger partial charge in [-0.2, -0.15) is 5.26 Å². The lowest BCUT2D eigenvalue weighted by atomic mass is 9.85. The normalized spacial score (nSPS) is 12.5. The minimum Gasteiger partial charge on any atom is -0.378 e. The molecule has 23 heavy (non-hydrogen) atoms. The van der Waals surface area contributed by atoms with Gasteiger partial charge in [0.2, 0.25) is 0 Å². The van der Waals surface area contributed by atoms with Crippen LogP contribution in [0.2, 0.25) is 0 Å². The Morgan fingerprint density at radius 1 is 1.04 bits per heavy atom. The fraction of sp³-hybridized carbons (Fsp3) is 0.381. The van der Waals surface area contributed by atoms with E-state index in [4.69, 9.17) is 0 Å². The number of anilines is 1. The number of rotatable bonds is 4. The van der Waals surface area contributed by atoms with Crippen LogP contribution in [0.3, 0.4) is 0 Å². The van der Waals surface area contributed by atoms with E-state index in [9.17, 15) is 5.26 Å². The molecule has 0 spiro atoms. The predicted octanol–water partition coefficient (Wildman–Crippen LogP) is 4.90. The molecule has 2 rings (SSSR count). The fourth-order valence-electron chi connectivity index (χ4n) is 2.65. The molecule has 0 radical (unpaired) electrons. The van der Waals surface area contributed by atoms with Crippen LogP contribution < -0.4 is 4.90 Å². The molecule has 0 aliphatic rings. The topological polar surface area (TPSA) is 27.0 Å². The number of hydrogen-bond acceptors (Lipinski definition) is 2. The minimum atomic E-state index is -0.110. The van der Waals surface area contributed by atoms with E-state index in [0.29, 0.717) is 0 Å². The fourth-order valence-corrected chi connectivity index (χ4v) is 2.65. The van der Waals surface area contributed by atoms with Crippen LogP contribution in [0.25, 0.3) is 0 Å². The third kappa shape index (κ3) is 4.36. The second kappa shape index (κ2) is 6.87. The van der Waals surface area contributed by atoms with Crippen molar-refractivity contribution in [1.82, 2.24) is 0 Å². The summed E-state index contributed by atoms with van der Waals surface area (Å²) in [5.41, 5.74) is 4.90. The van der Waals surface area contributed by atoms with Crippen molar-refractivity contribution in [1.29, 1.82) is 5.26 Å². The van der Waals surface area contributed by atoms with E-state index >= 15 is 0 Å². The van der Waals surface area contributed by atoms with Crippen LogP contribution in [0.5, 0.6) is 0 Å². The van der Waals surface area contributed by atoms with Gasteiger partial charge in [-0.1, -0.05) is 57.2 Å². The van der Waals surface area contributed by atoms with Gasteiger partial charge in [0, 0.05) is 19.8 Å². The molecule has 0 N–H and O–H groups in total. The van der Waals surface area contributed by atoms with Crippen molar-refractivity contribution in [2.24, 2.45) is 0 Å². The van der Waals surface area contributed by atoms with Gasteiger partial charge in [0.15, 0.2) is 0 Å². The van der Waals surface area contributed by atoms with Crippen molar-refractivity contribution in [3.05, 3.63) is 65.2 Å². The van der Waals surface area contributed by atoms with Crippen LogP contribution in [-0.4, -0.2) is 14.1 Å². The molecule has 1 unspecified atom stereocenters. The molecule has 1 atom stereocenters. The highest BCUT2D eigenvalue weighted by molar-refractivity contribution is 5.47. The standard InChI is InChI=1S/C21H26N2/c1-21(2,3)19-11-9-17(10-12-19)18(15-22)13-16-7-6-8-20(14-16)23(4)5/h6-12,14,18H,13H2,1-5H3. The van der Waals surface area contributed by atoms with Gasteiger partial charge in [-0.05, 0) is 40.7 Å². The summed E-state index contributed by atoms with van der Waals surface area (Å²) in [6, 6.07) is 19.4. The third-order valence-electron chi connectivity index (χ3n) is 4.20. The molecule has 2 nitrogen and oxygen atoms in total. The van der Waals surface area contributed by atoms with Crippen molar-refractivity contribution in [2.75, 3.05) is 19.0 Å². The Morgan fingerprint density at radius 3 is 2.22 bits per heavy atom. The number of hydrogen-bond donors (Lipinski definition) is 0. The maximum absolute atomic E-state index is 9.59. The van der Waals surface area contributed by atoms with Crippen LogP contribution in [0.1, 0.15) is 43.4 Å². The highest BCUT2D eigenvalue weighted by Crippen LogP contribution is 2.26. The summed E-state index contributed by atoms with van der Waals surface area (Å²) in [6.07, 6.45) is 0.743. The number of nitriles is 1. The molecule has 0 saturated carbocycles. The zero-order valence-corrected chi connectivity index (χ0v) is 14.8. The van der Waals surface area contributed by atoms with Gasteiger partial charge < -0.3 is 4.90 Å². The van der Waals surface area contributed by atoms with E-state index in [0.717, 1.165) is 12.0 Å². The summed E-state index contributed by atoms with van der Waals surface area (Å²) in [6.45, 7) is 6.61. The average Bonchev–Trinajstić information content (AvgIpc) is 2.52. The molecule has 2 aromatic carbocycles. The minimum absolute atomic E-state index is 0.110. The Balaban J connectivity index is 2.21. The molecule has 2 heteroatoms. The highest BCUT2D eigenvalue weighted by Gasteiger charge is 2.16. The Bertz CT molecular complexity index is 685. The van der Waals surface area contributed by atoms with Crippen LogP contribution in [0.15, 0.2) is 48.5 Å². The summed E-state index contributed by atoms with van der Waals surface area (Å²) >= 11 is 0. The molecule has 2 aromatic rings.